The second-order valence-electron chi connectivity index (χ2n) is 4.00. The van der Waals surface area contributed by atoms with E-state index in [1.807, 2.05) is 36.4 Å². The monoisotopic (exact) mass is 306 g/mol. The molecule has 0 bridgehead atoms. The zero-order valence-corrected chi connectivity index (χ0v) is 12.0. The summed E-state index contributed by atoms with van der Waals surface area (Å²) in [5.41, 5.74) is 2.49. The molecule has 2 aromatic rings. The Labute approximate surface area is 116 Å². The van der Waals surface area contributed by atoms with Crippen LogP contribution in [0.4, 0.5) is 0 Å². The molecule has 0 N–H and O–H groups in total. The van der Waals surface area contributed by atoms with Crippen LogP contribution in [0.25, 0.3) is 0 Å². The molecule has 0 aromatic heterocycles. The minimum absolute atomic E-state index is 0.778. The maximum Gasteiger partial charge on any atom is 0.131 e. The molecule has 0 amide bonds. The number of benzene rings is 2. The largest absolute Gasteiger partial charge is 0.497 e. The molecule has 0 saturated heterocycles. The van der Waals surface area contributed by atoms with Crippen molar-refractivity contribution >= 4 is 15.9 Å². The van der Waals surface area contributed by atoms with Crippen molar-refractivity contribution in [2.45, 2.75) is 12.3 Å². The number of halogens is 1. The predicted octanol–water partition coefficient (Wildman–Crippen LogP) is 4.69. The molecule has 0 heterocycles. The van der Waals surface area contributed by atoms with Gasteiger partial charge in [0.05, 0.1) is 7.11 Å². The van der Waals surface area contributed by atoms with Crippen molar-refractivity contribution in [3.05, 3.63) is 53.6 Å². The van der Waals surface area contributed by atoms with Crippen LogP contribution in [0.2, 0.25) is 0 Å². The summed E-state index contributed by atoms with van der Waals surface area (Å²) in [6.07, 6.45) is 0. The van der Waals surface area contributed by atoms with Crippen molar-refractivity contribution in [1.82, 2.24) is 0 Å². The fourth-order valence-electron chi connectivity index (χ4n) is 1.68. The van der Waals surface area contributed by atoms with Gasteiger partial charge in [0, 0.05) is 11.4 Å². The van der Waals surface area contributed by atoms with Gasteiger partial charge in [-0.25, -0.2) is 0 Å². The van der Waals surface area contributed by atoms with E-state index in [1.54, 1.807) is 7.11 Å². The highest BCUT2D eigenvalue weighted by atomic mass is 79.9. The fraction of sp³-hybridized carbons (Fsp3) is 0.200. The van der Waals surface area contributed by atoms with E-state index in [0.29, 0.717) is 0 Å². The van der Waals surface area contributed by atoms with Gasteiger partial charge < -0.3 is 9.47 Å². The van der Waals surface area contributed by atoms with Crippen LogP contribution in [0.15, 0.2) is 42.5 Å². The highest BCUT2D eigenvalue weighted by Gasteiger charge is 2.02. The van der Waals surface area contributed by atoms with Gasteiger partial charge in [0.25, 0.3) is 0 Å². The smallest absolute Gasteiger partial charge is 0.131 e. The number of aryl methyl sites for hydroxylation is 1. The summed E-state index contributed by atoms with van der Waals surface area (Å²) >= 11 is 3.46. The first-order valence-electron chi connectivity index (χ1n) is 5.70. The Bertz CT molecular complexity index is 538. The predicted molar refractivity (Wildman–Crippen MR) is 76.9 cm³/mol. The van der Waals surface area contributed by atoms with E-state index in [2.05, 4.69) is 28.9 Å². The third-order valence-electron chi connectivity index (χ3n) is 2.73. The molecule has 0 unspecified atom stereocenters. The molecular formula is C15H15BrO2. The molecule has 0 atom stereocenters. The Hall–Kier alpha value is -1.48. The maximum absolute atomic E-state index is 5.81. The second-order valence-corrected chi connectivity index (χ2v) is 4.56. The van der Waals surface area contributed by atoms with E-state index in [9.17, 15) is 0 Å². The molecule has 3 heteroatoms. The molecule has 2 rings (SSSR count). The molecule has 18 heavy (non-hydrogen) atoms. The minimum atomic E-state index is 0.778. The standard InChI is InChI=1S/C15H15BrO2/c1-11-8-15(7-6-12(11)10-16)18-14-5-3-4-13(9-14)17-2/h3-9H,10H2,1-2H3. The van der Waals surface area contributed by atoms with Crippen LogP contribution in [-0.2, 0) is 5.33 Å². The third kappa shape index (κ3) is 3.05. The van der Waals surface area contributed by atoms with Gasteiger partial charge in [-0.15, -0.1) is 0 Å². The van der Waals surface area contributed by atoms with E-state index in [-0.39, 0.29) is 0 Å². The van der Waals surface area contributed by atoms with Crippen molar-refractivity contribution in [3.8, 4) is 17.2 Å². The molecule has 0 aliphatic rings. The van der Waals surface area contributed by atoms with Crippen LogP contribution in [-0.4, -0.2) is 7.11 Å². The van der Waals surface area contributed by atoms with Gasteiger partial charge >= 0.3 is 0 Å². The minimum Gasteiger partial charge on any atom is -0.497 e. The lowest BCUT2D eigenvalue weighted by molar-refractivity contribution is 0.409. The summed E-state index contributed by atoms with van der Waals surface area (Å²) < 4.78 is 11.0. The number of hydrogen-bond acceptors (Lipinski definition) is 2. The van der Waals surface area contributed by atoms with Gasteiger partial charge in [0.15, 0.2) is 0 Å². The quantitative estimate of drug-likeness (QED) is 0.763. The van der Waals surface area contributed by atoms with Crippen molar-refractivity contribution in [3.63, 3.8) is 0 Å². The molecule has 0 saturated carbocycles. The van der Waals surface area contributed by atoms with E-state index >= 15 is 0 Å². The molecule has 0 spiro atoms. The van der Waals surface area contributed by atoms with Gasteiger partial charge in [-0.1, -0.05) is 28.1 Å². The average molecular weight is 307 g/mol. The summed E-state index contributed by atoms with van der Waals surface area (Å²) in [7, 11) is 1.65. The lowest BCUT2D eigenvalue weighted by Crippen LogP contribution is -1.89. The van der Waals surface area contributed by atoms with E-state index in [4.69, 9.17) is 9.47 Å². The lowest BCUT2D eigenvalue weighted by atomic mass is 10.1. The van der Waals surface area contributed by atoms with Crippen molar-refractivity contribution in [1.29, 1.82) is 0 Å². The molecule has 0 fully saturated rings. The summed E-state index contributed by atoms with van der Waals surface area (Å²) in [6, 6.07) is 13.7. The fourth-order valence-corrected chi connectivity index (χ4v) is 2.31. The Balaban J connectivity index is 2.20. The average Bonchev–Trinajstić information content (AvgIpc) is 2.39. The van der Waals surface area contributed by atoms with Gasteiger partial charge in [0.2, 0.25) is 0 Å². The van der Waals surface area contributed by atoms with Crippen molar-refractivity contribution < 1.29 is 9.47 Å². The Morgan fingerprint density at radius 3 is 2.39 bits per heavy atom. The number of ether oxygens (including phenoxy) is 2. The number of hydrogen-bond donors (Lipinski definition) is 0. The van der Waals surface area contributed by atoms with Crippen LogP contribution >= 0.6 is 15.9 Å². The number of rotatable bonds is 4. The van der Waals surface area contributed by atoms with Gasteiger partial charge in [-0.3, -0.25) is 0 Å². The zero-order chi connectivity index (χ0) is 13.0. The highest BCUT2D eigenvalue weighted by molar-refractivity contribution is 9.08. The maximum atomic E-state index is 5.81. The zero-order valence-electron chi connectivity index (χ0n) is 10.4. The van der Waals surface area contributed by atoms with Crippen LogP contribution in [0.5, 0.6) is 17.2 Å². The molecule has 2 nitrogen and oxygen atoms in total. The third-order valence-corrected chi connectivity index (χ3v) is 3.34. The normalized spacial score (nSPS) is 10.2. The molecule has 0 aliphatic carbocycles. The summed E-state index contributed by atoms with van der Waals surface area (Å²) in [5.74, 6) is 2.41. The van der Waals surface area contributed by atoms with Crippen LogP contribution < -0.4 is 9.47 Å². The second kappa shape index (κ2) is 5.91. The van der Waals surface area contributed by atoms with E-state index < -0.39 is 0 Å². The lowest BCUT2D eigenvalue weighted by Gasteiger charge is -2.09. The number of methoxy groups -OCH3 is 1. The summed E-state index contributed by atoms with van der Waals surface area (Å²) in [6.45, 7) is 2.08. The number of alkyl halides is 1. The van der Waals surface area contributed by atoms with Crippen molar-refractivity contribution in [2.24, 2.45) is 0 Å². The van der Waals surface area contributed by atoms with Crippen LogP contribution in [0, 0.1) is 6.92 Å². The Morgan fingerprint density at radius 2 is 1.72 bits per heavy atom. The molecular weight excluding hydrogens is 292 g/mol. The molecule has 2 aromatic carbocycles. The van der Waals surface area contributed by atoms with Crippen molar-refractivity contribution in [2.75, 3.05) is 7.11 Å². The van der Waals surface area contributed by atoms with E-state index in [0.717, 1.165) is 22.6 Å². The summed E-state index contributed by atoms with van der Waals surface area (Å²) in [4.78, 5) is 0. The molecule has 94 valence electrons. The Morgan fingerprint density at radius 1 is 1.00 bits per heavy atom. The highest BCUT2D eigenvalue weighted by Crippen LogP contribution is 2.27. The topological polar surface area (TPSA) is 18.5 Å². The first-order valence-corrected chi connectivity index (χ1v) is 6.82. The van der Waals surface area contributed by atoms with E-state index in [1.165, 1.54) is 11.1 Å². The Kier molecular flexibility index (Phi) is 4.26. The first kappa shape index (κ1) is 13.0. The van der Waals surface area contributed by atoms with Gasteiger partial charge in [-0.2, -0.15) is 0 Å². The SMILES string of the molecule is COc1cccc(Oc2ccc(CBr)c(C)c2)c1. The molecule has 0 aliphatic heterocycles. The molecule has 0 radical (unpaired) electrons. The van der Waals surface area contributed by atoms with Crippen LogP contribution in [0.1, 0.15) is 11.1 Å². The van der Waals surface area contributed by atoms with Crippen LogP contribution in [0.3, 0.4) is 0 Å². The van der Waals surface area contributed by atoms with Gasteiger partial charge in [-0.05, 0) is 42.3 Å². The summed E-state index contributed by atoms with van der Waals surface area (Å²) in [5, 5.41) is 0.859. The first-order chi connectivity index (χ1) is 8.72. The van der Waals surface area contributed by atoms with Gasteiger partial charge in [0.1, 0.15) is 17.2 Å².